The molecule has 1 aliphatic rings. The smallest absolute Gasteiger partial charge is 0.147 e. The molecule has 6 nitrogen and oxygen atoms in total. The highest BCUT2D eigenvalue weighted by Gasteiger charge is 2.31. The average molecular weight is 254 g/mol. The van der Waals surface area contributed by atoms with E-state index in [0.717, 1.165) is 18.8 Å². The van der Waals surface area contributed by atoms with E-state index in [1.165, 1.54) is 0 Å². The molecule has 1 aliphatic heterocycles. The summed E-state index contributed by atoms with van der Waals surface area (Å²) in [5.74, 6) is 0.955. The van der Waals surface area contributed by atoms with Gasteiger partial charge in [0, 0.05) is 46.2 Å². The zero-order valence-electron chi connectivity index (χ0n) is 11.2. The molecule has 102 valence electrons. The molecule has 0 bridgehead atoms. The minimum Gasteiger partial charge on any atom is -0.388 e. The van der Waals surface area contributed by atoms with Crippen molar-refractivity contribution in [3.63, 3.8) is 0 Å². The molecule has 1 N–H and O–H groups in total. The largest absolute Gasteiger partial charge is 0.388 e. The van der Waals surface area contributed by atoms with Crippen molar-refractivity contribution < 1.29 is 9.84 Å². The van der Waals surface area contributed by atoms with Crippen LogP contribution < -0.4 is 4.90 Å². The Bertz CT molecular complexity index is 374. The van der Waals surface area contributed by atoms with Crippen LogP contribution in [0.3, 0.4) is 0 Å². The van der Waals surface area contributed by atoms with Gasteiger partial charge in [-0.05, 0) is 6.42 Å². The van der Waals surface area contributed by atoms with Gasteiger partial charge in [-0.3, -0.25) is 0 Å². The number of aromatic nitrogens is 3. The zero-order valence-corrected chi connectivity index (χ0v) is 11.2. The third-order valence-corrected chi connectivity index (χ3v) is 3.38. The summed E-state index contributed by atoms with van der Waals surface area (Å²) >= 11 is 0. The number of hydrogen-bond donors (Lipinski definition) is 1. The molecule has 1 aromatic heterocycles. The van der Waals surface area contributed by atoms with Crippen LogP contribution in [0.2, 0.25) is 0 Å². The molecule has 0 amide bonds. The normalized spacial score (nSPS) is 18.8. The predicted octanol–water partition coefficient (Wildman–Crippen LogP) is 0.666. The lowest BCUT2D eigenvalue weighted by atomic mass is 9.94. The van der Waals surface area contributed by atoms with Crippen LogP contribution in [0.25, 0.3) is 0 Å². The Kier molecular flexibility index (Phi) is 4.19. The fraction of sp³-hybridized carbons (Fsp3) is 0.833. The number of aliphatic hydroxyl groups is 1. The number of ether oxygens (including phenoxy) is 1. The second-order valence-electron chi connectivity index (χ2n) is 5.01. The van der Waals surface area contributed by atoms with Crippen LogP contribution in [-0.2, 0) is 11.3 Å². The molecule has 1 saturated heterocycles. The molecule has 2 heterocycles. The van der Waals surface area contributed by atoms with Crippen LogP contribution in [0.5, 0.6) is 0 Å². The number of hydrogen-bond acceptors (Lipinski definition) is 5. The van der Waals surface area contributed by atoms with E-state index in [1.807, 2.05) is 16.6 Å². The van der Waals surface area contributed by atoms with Crippen LogP contribution in [0.1, 0.15) is 26.2 Å². The van der Waals surface area contributed by atoms with Gasteiger partial charge in [-0.2, -0.15) is 0 Å². The van der Waals surface area contributed by atoms with Gasteiger partial charge in [0.05, 0.1) is 11.8 Å². The number of nitrogens with zero attached hydrogens (tertiary/aromatic N) is 4. The standard InChI is InChI=1S/C12H22N4O2/c1-3-6-16-11(9-13-14-16)15(2)10-12(17)4-7-18-8-5-12/h9,17H,3-8,10H2,1-2H3. The van der Waals surface area contributed by atoms with Crippen molar-refractivity contribution in [2.75, 3.05) is 31.7 Å². The van der Waals surface area contributed by atoms with Crippen molar-refractivity contribution in [1.29, 1.82) is 0 Å². The summed E-state index contributed by atoms with van der Waals surface area (Å²) in [5, 5.41) is 18.5. The highest BCUT2D eigenvalue weighted by atomic mass is 16.5. The molecule has 6 heteroatoms. The number of likely N-dealkylation sites (N-methyl/N-ethyl adjacent to an activating group) is 1. The van der Waals surface area contributed by atoms with Crippen molar-refractivity contribution in [1.82, 2.24) is 15.0 Å². The van der Waals surface area contributed by atoms with E-state index in [-0.39, 0.29) is 0 Å². The molecule has 0 spiro atoms. The third-order valence-electron chi connectivity index (χ3n) is 3.38. The van der Waals surface area contributed by atoms with Crippen LogP contribution in [0.4, 0.5) is 5.82 Å². The molecule has 1 aromatic rings. The lowest BCUT2D eigenvalue weighted by Gasteiger charge is -2.35. The molecular formula is C12H22N4O2. The summed E-state index contributed by atoms with van der Waals surface area (Å²) in [5.41, 5.74) is -0.658. The van der Waals surface area contributed by atoms with Crippen molar-refractivity contribution >= 4 is 5.82 Å². The molecule has 0 atom stereocenters. The number of anilines is 1. The van der Waals surface area contributed by atoms with E-state index in [2.05, 4.69) is 17.2 Å². The fourth-order valence-corrected chi connectivity index (χ4v) is 2.35. The van der Waals surface area contributed by atoms with Gasteiger partial charge in [-0.25, -0.2) is 4.68 Å². The Labute approximate surface area is 108 Å². The Morgan fingerprint density at radius 3 is 2.89 bits per heavy atom. The minimum atomic E-state index is -0.658. The molecule has 0 unspecified atom stereocenters. The van der Waals surface area contributed by atoms with Gasteiger partial charge in [0.15, 0.2) is 0 Å². The first-order valence-electron chi connectivity index (χ1n) is 6.54. The Hall–Kier alpha value is -1.14. The minimum absolute atomic E-state index is 0.591. The molecule has 0 aromatic carbocycles. The van der Waals surface area contributed by atoms with E-state index in [1.54, 1.807) is 6.20 Å². The topological polar surface area (TPSA) is 63.4 Å². The van der Waals surface area contributed by atoms with Crippen molar-refractivity contribution in [2.45, 2.75) is 38.3 Å². The summed E-state index contributed by atoms with van der Waals surface area (Å²) in [6.45, 7) is 4.82. The fourth-order valence-electron chi connectivity index (χ4n) is 2.35. The molecule has 18 heavy (non-hydrogen) atoms. The molecule has 1 fully saturated rings. The van der Waals surface area contributed by atoms with Gasteiger partial charge in [-0.1, -0.05) is 12.1 Å². The van der Waals surface area contributed by atoms with Gasteiger partial charge in [0.25, 0.3) is 0 Å². The SMILES string of the molecule is CCCn1nncc1N(C)CC1(O)CCOCC1. The Balaban J connectivity index is 2.01. The summed E-state index contributed by atoms with van der Waals surface area (Å²) in [7, 11) is 1.97. The Morgan fingerprint density at radius 2 is 2.22 bits per heavy atom. The van der Waals surface area contributed by atoms with E-state index < -0.39 is 5.60 Å². The van der Waals surface area contributed by atoms with Crippen LogP contribution in [0, 0.1) is 0 Å². The highest BCUT2D eigenvalue weighted by Crippen LogP contribution is 2.23. The van der Waals surface area contributed by atoms with Gasteiger partial charge in [-0.15, -0.1) is 5.10 Å². The van der Waals surface area contributed by atoms with E-state index in [4.69, 9.17) is 4.74 Å². The first kappa shape index (κ1) is 13.3. The molecule has 0 saturated carbocycles. The van der Waals surface area contributed by atoms with E-state index >= 15 is 0 Å². The summed E-state index contributed by atoms with van der Waals surface area (Å²) < 4.78 is 7.17. The molecular weight excluding hydrogens is 232 g/mol. The van der Waals surface area contributed by atoms with Crippen LogP contribution in [0.15, 0.2) is 6.20 Å². The number of aryl methyl sites for hydroxylation is 1. The third kappa shape index (κ3) is 3.00. The number of rotatable bonds is 5. The van der Waals surface area contributed by atoms with Gasteiger partial charge >= 0.3 is 0 Å². The maximum atomic E-state index is 10.5. The second kappa shape index (κ2) is 5.67. The van der Waals surface area contributed by atoms with Crippen molar-refractivity contribution in [3.8, 4) is 0 Å². The van der Waals surface area contributed by atoms with Gasteiger partial charge in [0.1, 0.15) is 5.82 Å². The monoisotopic (exact) mass is 254 g/mol. The van der Waals surface area contributed by atoms with E-state index in [9.17, 15) is 5.11 Å². The summed E-state index contributed by atoms with van der Waals surface area (Å²) in [6, 6.07) is 0. The predicted molar refractivity (Wildman–Crippen MR) is 68.6 cm³/mol. The maximum Gasteiger partial charge on any atom is 0.147 e. The van der Waals surface area contributed by atoms with Crippen molar-refractivity contribution in [3.05, 3.63) is 6.20 Å². The van der Waals surface area contributed by atoms with Gasteiger partial charge < -0.3 is 14.7 Å². The van der Waals surface area contributed by atoms with Crippen LogP contribution >= 0.6 is 0 Å². The summed E-state index contributed by atoms with van der Waals surface area (Å²) in [6.07, 6.45) is 4.14. The lowest BCUT2D eigenvalue weighted by molar-refractivity contribution is -0.0573. The molecule has 2 rings (SSSR count). The van der Waals surface area contributed by atoms with Crippen molar-refractivity contribution in [2.24, 2.45) is 0 Å². The maximum absolute atomic E-state index is 10.5. The zero-order chi connectivity index (χ0) is 13.0. The molecule has 0 radical (unpaired) electrons. The van der Waals surface area contributed by atoms with Crippen LogP contribution in [-0.4, -0.2) is 52.5 Å². The highest BCUT2D eigenvalue weighted by molar-refractivity contribution is 5.35. The Morgan fingerprint density at radius 1 is 1.50 bits per heavy atom. The lowest BCUT2D eigenvalue weighted by Crippen LogP contribution is -2.46. The van der Waals surface area contributed by atoms with Gasteiger partial charge in [0.2, 0.25) is 0 Å². The second-order valence-corrected chi connectivity index (χ2v) is 5.01. The quantitative estimate of drug-likeness (QED) is 0.836. The first-order valence-corrected chi connectivity index (χ1v) is 6.54. The first-order chi connectivity index (χ1) is 8.64. The average Bonchev–Trinajstić information content (AvgIpc) is 2.78. The molecule has 0 aliphatic carbocycles. The summed E-state index contributed by atoms with van der Waals surface area (Å²) in [4.78, 5) is 2.03. The van der Waals surface area contributed by atoms with E-state index in [0.29, 0.717) is 32.6 Å².